The van der Waals surface area contributed by atoms with Gasteiger partial charge in [-0.25, -0.2) is 12.8 Å². The zero-order valence-corrected chi connectivity index (χ0v) is 14.7. The Morgan fingerprint density at radius 2 is 1.80 bits per heavy atom. The van der Waals surface area contributed by atoms with Crippen LogP contribution in [0.25, 0.3) is 0 Å². The summed E-state index contributed by atoms with van der Waals surface area (Å²) in [6, 6.07) is 12.6. The minimum atomic E-state index is -3.71. The molecule has 25 heavy (non-hydrogen) atoms. The van der Waals surface area contributed by atoms with E-state index in [1.165, 1.54) is 25.3 Å². The van der Waals surface area contributed by atoms with Gasteiger partial charge in [0.05, 0.1) is 25.6 Å². The van der Waals surface area contributed by atoms with Crippen LogP contribution in [0.5, 0.6) is 5.75 Å². The number of carbonyl (C=O) groups is 1. The Labute approximate surface area is 146 Å². The van der Waals surface area contributed by atoms with Crippen LogP contribution >= 0.6 is 0 Å². The molecular weight excluding hydrogens is 347 g/mol. The van der Waals surface area contributed by atoms with E-state index in [2.05, 4.69) is 5.32 Å². The molecule has 0 spiro atoms. The van der Waals surface area contributed by atoms with Crippen LogP contribution < -0.4 is 10.1 Å². The highest BCUT2D eigenvalue weighted by atomic mass is 32.2. The van der Waals surface area contributed by atoms with Crippen molar-refractivity contribution in [2.75, 3.05) is 25.2 Å². The van der Waals surface area contributed by atoms with Crippen molar-refractivity contribution in [2.45, 2.75) is 6.54 Å². The molecule has 0 bridgehead atoms. The Bertz CT molecular complexity index is 855. The number of amides is 1. The molecule has 134 valence electrons. The van der Waals surface area contributed by atoms with Crippen molar-refractivity contribution >= 4 is 21.6 Å². The molecule has 0 unspecified atom stereocenters. The molecule has 0 aliphatic rings. The number of hydrogen-bond donors (Lipinski definition) is 1. The maximum absolute atomic E-state index is 13.8. The number of ether oxygens (including phenoxy) is 1. The van der Waals surface area contributed by atoms with Gasteiger partial charge in [0, 0.05) is 12.1 Å². The van der Waals surface area contributed by atoms with Gasteiger partial charge >= 0.3 is 0 Å². The highest BCUT2D eigenvalue weighted by Crippen LogP contribution is 2.23. The summed E-state index contributed by atoms with van der Waals surface area (Å²) in [7, 11) is -2.24. The summed E-state index contributed by atoms with van der Waals surface area (Å²) in [6.07, 6.45) is 0.976. The van der Waals surface area contributed by atoms with Gasteiger partial charge in [0.1, 0.15) is 11.6 Å². The lowest BCUT2D eigenvalue weighted by Crippen LogP contribution is -2.37. The molecule has 0 aliphatic carbocycles. The molecule has 2 aromatic rings. The fourth-order valence-corrected chi connectivity index (χ4v) is 2.93. The number of hydrogen-bond acceptors (Lipinski definition) is 4. The molecule has 0 aliphatic heterocycles. The lowest BCUT2D eigenvalue weighted by atomic mass is 10.2. The third-order valence-corrected chi connectivity index (χ3v) is 4.67. The van der Waals surface area contributed by atoms with Gasteiger partial charge < -0.3 is 10.1 Å². The number of rotatable bonds is 7. The summed E-state index contributed by atoms with van der Waals surface area (Å²) in [6.45, 7) is -0.671. The molecule has 0 saturated heterocycles. The summed E-state index contributed by atoms with van der Waals surface area (Å²) >= 11 is 0. The monoisotopic (exact) mass is 366 g/mol. The van der Waals surface area contributed by atoms with E-state index in [4.69, 9.17) is 4.74 Å². The van der Waals surface area contributed by atoms with Crippen molar-refractivity contribution < 1.29 is 22.3 Å². The van der Waals surface area contributed by atoms with Crippen LogP contribution in [0.3, 0.4) is 0 Å². The van der Waals surface area contributed by atoms with E-state index in [1.54, 1.807) is 30.3 Å². The molecule has 2 rings (SSSR count). The second-order valence-electron chi connectivity index (χ2n) is 5.37. The summed E-state index contributed by atoms with van der Waals surface area (Å²) < 4.78 is 43.7. The molecule has 0 atom stereocenters. The van der Waals surface area contributed by atoms with E-state index < -0.39 is 28.3 Å². The average Bonchev–Trinajstić information content (AvgIpc) is 2.55. The van der Waals surface area contributed by atoms with Gasteiger partial charge in [-0.2, -0.15) is 4.31 Å². The van der Waals surface area contributed by atoms with Gasteiger partial charge in [-0.1, -0.05) is 30.3 Å². The fraction of sp³-hybridized carbons (Fsp3) is 0.235. The smallest absolute Gasteiger partial charge is 0.239 e. The van der Waals surface area contributed by atoms with E-state index in [0.29, 0.717) is 11.4 Å². The number of methoxy groups -OCH3 is 1. The Hall–Kier alpha value is -2.45. The van der Waals surface area contributed by atoms with Crippen molar-refractivity contribution in [2.24, 2.45) is 0 Å². The van der Waals surface area contributed by atoms with Crippen molar-refractivity contribution in [3.05, 3.63) is 59.9 Å². The van der Waals surface area contributed by atoms with E-state index in [-0.39, 0.29) is 12.1 Å². The number of halogens is 1. The van der Waals surface area contributed by atoms with Gasteiger partial charge in [-0.3, -0.25) is 4.79 Å². The zero-order valence-electron chi connectivity index (χ0n) is 13.9. The predicted octanol–water partition coefficient (Wildman–Crippen LogP) is 2.23. The SMILES string of the molecule is COc1ccccc1NC(=O)CN(Cc1ccccc1F)S(C)(=O)=O. The average molecular weight is 366 g/mol. The lowest BCUT2D eigenvalue weighted by Gasteiger charge is -2.20. The third kappa shape index (κ3) is 5.27. The quantitative estimate of drug-likeness (QED) is 0.815. The van der Waals surface area contributed by atoms with Gasteiger partial charge in [0.15, 0.2) is 0 Å². The van der Waals surface area contributed by atoms with E-state index in [9.17, 15) is 17.6 Å². The van der Waals surface area contributed by atoms with Gasteiger partial charge in [0.25, 0.3) is 0 Å². The molecule has 0 fully saturated rings. The first-order chi connectivity index (χ1) is 11.8. The van der Waals surface area contributed by atoms with Crippen molar-refractivity contribution in [1.29, 1.82) is 0 Å². The molecule has 1 N–H and O–H groups in total. The largest absolute Gasteiger partial charge is 0.495 e. The third-order valence-electron chi connectivity index (χ3n) is 3.47. The fourth-order valence-electron chi connectivity index (χ4n) is 2.20. The normalized spacial score (nSPS) is 11.4. The number of nitrogens with zero attached hydrogens (tertiary/aromatic N) is 1. The van der Waals surface area contributed by atoms with Crippen molar-refractivity contribution in [3.63, 3.8) is 0 Å². The summed E-state index contributed by atoms with van der Waals surface area (Å²) in [4.78, 5) is 12.2. The first-order valence-electron chi connectivity index (χ1n) is 7.42. The Kier molecular flexibility index (Phi) is 6.11. The van der Waals surface area contributed by atoms with Crippen LogP contribution in [0.2, 0.25) is 0 Å². The number of nitrogens with one attached hydrogen (secondary N) is 1. The molecule has 0 heterocycles. The highest BCUT2D eigenvalue weighted by Gasteiger charge is 2.22. The van der Waals surface area contributed by atoms with Gasteiger partial charge in [-0.15, -0.1) is 0 Å². The van der Waals surface area contributed by atoms with Crippen molar-refractivity contribution in [1.82, 2.24) is 4.31 Å². The number of sulfonamides is 1. The van der Waals surface area contributed by atoms with E-state index in [1.807, 2.05) is 0 Å². The second kappa shape index (κ2) is 8.09. The molecular formula is C17H19FN2O4S. The predicted molar refractivity (Wildman–Crippen MR) is 93.3 cm³/mol. The molecule has 0 saturated carbocycles. The summed E-state index contributed by atoms with van der Waals surface area (Å²) in [5.74, 6) is -0.622. The minimum Gasteiger partial charge on any atom is -0.495 e. The molecule has 0 aromatic heterocycles. The highest BCUT2D eigenvalue weighted by molar-refractivity contribution is 7.88. The Balaban J connectivity index is 2.15. The second-order valence-corrected chi connectivity index (χ2v) is 7.35. The van der Waals surface area contributed by atoms with Gasteiger partial charge in [0.2, 0.25) is 15.9 Å². The number of carbonyl (C=O) groups excluding carboxylic acids is 1. The summed E-state index contributed by atoms with van der Waals surface area (Å²) in [5, 5.41) is 2.60. The van der Waals surface area contributed by atoms with E-state index in [0.717, 1.165) is 10.6 Å². The Morgan fingerprint density at radius 3 is 2.44 bits per heavy atom. The number of benzene rings is 2. The number of para-hydroxylation sites is 2. The Morgan fingerprint density at radius 1 is 1.16 bits per heavy atom. The molecule has 6 nitrogen and oxygen atoms in total. The maximum atomic E-state index is 13.8. The first-order valence-corrected chi connectivity index (χ1v) is 9.27. The molecule has 1 amide bonds. The minimum absolute atomic E-state index is 0.193. The topological polar surface area (TPSA) is 75.7 Å². The van der Waals surface area contributed by atoms with Crippen LogP contribution in [0.1, 0.15) is 5.56 Å². The summed E-state index contributed by atoms with van der Waals surface area (Å²) in [5.41, 5.74) is 0.618. The molecule has 0 radical (unpaired) electrons. The lowest BCUT2D eigenvalue weighted by molar-refractivity contribution is -0.116. The van der Waals surface area contributed by atoms with Crippen LogP contribution in [0, 0.1) is 5.82 Å². The van der Waals surface area contributed by atoms with Gasteiger partial charge in [-0.05, 0) is 18.2 Å². The van der Waals surface area contributed by atoms with Crippen molar-refractivity contribution in [3.8, 4) is 5.75 Å². The van der Waals surface area contributed by atoms with Crippen LogP contribution in [-0.4, -0.2) is 38.5 Å². The zero-order chi connectivity index (χ0) is 18.4. The van der Waals surface area contributed by atoms with E-state index >= 15 is 0 Å². The number of anilines is 1. The standard InChI is InChI=1S/C17H19FN2O4S/c1-24-16-10-6-5-9-15(16)19-17(21)12-20(25(2,22)23)11-13-7-3-4-8-14(13)18/h3-10H,11-12H2,1-2H3,(H,19,21). The van der Waals surface area contributed by atoms with Crippen LogP contribution in [-0.2, 0) is 21.4 Å². The molecule has 2 aromatic carbocycles. The maximum Gasteiger partial charge on any atom is 0.239 e. The van der Waals surface area contributed by atoms with Crippen LogP contribution in [0.4, 0.5) is 10.1 Å². The van der Waals surface area contributed by atoms with Crippen LogP contribution in [0.15, 0.2) is 48.5 Å². The first kappa shape index (κ1) is 18.9. The molecule has 8 heteroatoms.